The van der Waals surface area contributed by atoms with E-state index in [1.165, 1.54) is 17.8 Å². The normalized spacial score (nSPS) is 21.0. The first-order valence-corrected chi connectivity index (χ1v) is 12.6. The van der Waals surface area contributed by atoms with Crippen molar-refractivity contribution >= 4 is 46.8 Å². The van der Waals surface area contributed by atoms with E-state index in [-0.39, 0.29) is 34.6 Å². The number of rotatable bonds is 10. The number of nitrogens with one attached hydrogen (secondary N) is 2. The van der Waals surface area contributed by atoms with E-state index in [1.54, 1.807) is 0 Å². The number of amides is 2. The summed E-state index contributed by atoms with van der Waals surface area (Å²) in [6.07, 6.45) is 5.22. The molecule has 9 nitrogen and oxygen atoms in total. The fourth-order valence-corrected chi connectivity index (χ4v) is 4.53. The highest BCUT2D eigenvalue weighted by Gasteiger charge is 2.29. The van der Waals surface area contributed by atoms with Crippen LogP contribution in [-0.2, 0) is 14.3 Å². The van der Waals surface area contributed by atoms with Crippen LogP contribution in [0, 0.1) is 22.0 Å². The quantitative estimate of drug-likeness (QED) is 0.286. The average molecular weight is 500 g/mol. The number of carbonyl (C=O) groups is 3. The molecule has 0 bridgehead atoms. The van der Waals surface area contributed by atoms with E-state index in [4.69, 9.17) is 16.3 Å². The highest BCUT2D eigenvalue weighted by atomic mass is 35.5. The summed E-state index contributed by atoms with van der Waals surface area (Å²) in [5.41, 5.74) is -0.245. The summed E-state index contributed by atoms with van der Waals surface area (Å²) >= 11 is 7.50. The molecule has 33 heavy (non-hydrogen) atoms. The lowest BCUT2D eigenvalue weighted by atomic mass is 9.78. The van der Waals surface area contributed by atoms with Crippen LogP contribution in [0.5, 0.6) is 0 Å². The number of esters is 1. The largest absolute Gasteiger partial charge is 0.454 e. The molecule has 2 amide bonds. The van der Waals surface area contributed by atoms with E-state index in [9.17, 15) is 24.5 Å². The predicted octanol–water partition coefficient (Wildman–Crippen LogP) is 3.58. The molecular weight excluding hydrogens is 470 g/mol. The first-order chi connectivity index (χ1) is 15.6. The van der Waals surface area contributed by atoms with Gasteiger partial charge in [-0.2, -0.15) is 11.8 Å². The van der Waals surface area contributed by atoms with Crippen LogP contribution in [0.25, 0.3) is 0 Å². The molecular formula is C22H30ClN3O6S. The molecule has 11 heteroatoms. The van der Waals surface area contributed by atoms with Gasteiger partial charge in [0.25, 0.3) is 17.5 Å². The highest BCUT2D eigenvalue weighted by molar-refractivity contribution is 7.98. The second-order valence-electron chi connectivity index (χ2n) is 8.28. The van der Waals surface area contributed by atoms with Crippen LogP contribution in [0.3, 0.4) is 0 Å². The van der Waals surface area contributed by atoms with Crippen LogP contribution in [0.1, 0.15) is 49.9 Å². The summed E-state index contributed by atoms with van der Waals surface area (Å²) in [5.74, 6) is -0.328. The van der Waals surface area contributed by atoms with Crippen LogP contribution >= 0.6 is 23.4 Å². The number of nitro groups is 1. The van der Waals surface area contributed by atoms with Crippen molar-refractivity contribution in [2.45, 2.75) is 51.6 Å². The number of non-ortho nitro benzene ring substituents is 1. The first kappa shape index (κ1) is 26.9. The molecule has 1 aliphatic carbocycles. The summed E-state index contributed by atoms with van der Waals surface area (Å²) < 4.78 is 5.19. The molecule has 4 atom stereocenters. The number of carbonyl (C=O) groups excluding carboxylic acids is 3. The number of hydrogen-bond acceptors (Lipinski definition) is 7. The Bertz CT molecular complexity index is 884. The van der Waals surface area contributed by atoms with Crippen molar-refractivity contribution in [3.63, 3.8) is 0 Å². The maximum atomic E-state index is 12.6. The van der Waals surface area contributed by atoms with E-state index < -0.39 is 29.4 Å². The summed E-state index contributed by atoms with van der Waals surface area (Å²) in [5, 5.41) is 16.3. The SMILES string of the molecule is CSCC[C@@H](NC(=O)c1ccc([N+](=O)[O-])cc1Cl)C(=O)OCC(=O)N[C@@H]1CCC[C@@H](C)[C@H]1C. The first-order valence-electron chi connectivity index (χ1n) is 10.8. The Morgan fingerprint density at radius 2 is 2.03 bits per heavy atom. The lowest BCUT2D eigenvalue weighted by Crippen LogP contribution is -2.46. The van der Waals surface area contributed by atoms with Gasteiger partial charge in [-0.05, 0) is 42.8 Å². The molecule has 0 spiro atoms. The molecule has 0 aromatic heterocycles. The third-order valence-corrected chi connectivity index (χ3v) is 6.96. The van der Waals surface area contributed by atoms with E-state index in [1.807, 2.05) is 6.26 Å². The number of hydrogen-bond donors (Lipinski definition) is 2. The molecule has 182 valence electrons. The van der Waals surface area contributed by atoms with Gasteiger partial charge in [-0.3, -0.25) is 19.7 Å². The summed E-state index contributed by atoms with van der Waals surface area (Å²) in [4.78, 5) is 47.8. The Balaban J connectivity index is 1.96. The molecule has 1 fully saturated rings. The molecule has 0 saturated heterocycles. The number of halogens is 1. The van der Waals surface area contributed by atoms with Crippen LogP contribution in [0.2, 0.25) is 5.02 Å². The summed E-state index contributed by atoms with van der Waals surface area (Å²) in [6, 6.07) is 2.53. The number of benzene rings is 1. The number of nitro benzene ring substituents is 1. The van der Waals surface area contributed by atoms with Gasteiger partial charge in [0.05, 0.1) is 15.5 Å². The third kappa shape index (κ3) is 7.89. The minimum atomic E-state index is -0.988. The number of ether oxygens (including phenoxy) is 1. The lowest BCUT2D eigenvalue weighted by Gasteiger charge is -2.34. The Kier molecular flexibility index (Phi) is 10.4. The van der Waals surface area contributed by atoms with Crippen LogP contribution < -0.4 is 10.6 Å². The zero-order valence-corrected chi connectivity index (χ0v) is 20.5. The molecule has 2 rings (SSSR count). The Morgan fingerprint density at radius 1 is 1.30 bits per heavy atom. The van der Waals surface area contributed by atoms with Crippen molar-refractivity contribution in [3.05, 3.63) is 38.9 Å². The third-order valence-electron chi connectivity index (χ3n) is 6.01. The second-order valence-corrected chi connectivity index (χ2v) is 9.67. The van der Waals surface area contributed by atoms with Crippen molar-refractivity contribution in [3.8, 4) is 0 Å². The van der Waals surface area contributed by atoms with Crippen molar-refractivity contribution < 1.29 is 24.0 Å². The number of nitrogens with zero attached hydrogens (tertiary/aromatic N) is 1. The summed E-state index contributed by atoms with van der Waals surface area (Å²) in [7, 11) is 0. The van der Waals surface area contributed by atoms with Gasteiger partial charge in [0.2, 0.25) is 0 Å². The van der Waals surface area contributed by atoms with Gasteiger partial charge >= 0.3 is 5.97 Å². The smallest absolute Gasteiger partial charge is 0.329 e. The average Bonchev–Trinajstić information content (AvgIpc) is 2.77. The van der Waals surface area contributed by atoms with Crippen LogP contribution in [0.4, 0.5) is 5.69 Å². The Labute approximate surface area is 202 Å². The number of thioether (sulfide) groups is 1. The van der Waals surface area contributed by atoms with Crippen molar-refractivity contribution in [2.24, 2.45) is 11.8 Å². The lowest BCUT2D eigenvalue weighted by molar-refractivity contribution is -0.384. The standard InChI is InChI=1S/C22H30ClN3O6S/c1-13-5-4-6-18(14(13)2)24-20(27)12-32-22(29)19(9-10-33-3)25-21(28)16-8-7-15(26(30)31)11-17(16)23/h7-8,11,13-14,18-19H,4-6,9-10,12H2,1-3H3,(H,24,27)(H,25,28)/t13-,14-,18-,19-/m1/s1. The Morgan fingerprint density at radius 3 is 2.67 bits per heavy atom. The maximum Gasteiger partial charge on any atom is 0.329 e. The van der Waals surface area contributed by atoms with E-state index >= 15 is 0 Å². The highest BCUT2D eigenvalue weighted by Crippen LogP contribution is 2.29. The zero-order valence-electron chi connectivity index (χ0n) is 19.0. The van der Waals surface area contributed by atoms with Crippen molar-refractivity contribution in [1.82, 2.24) is 10.6 Å². The Hall–Kier alpha value is -2.33. The topological polar surface area (TPSA) is 128 Å². The zero-order chi connectivity index (χ0) is 24.5. The molecule has 0 aliphatic heterocycles. The molecule has 1 aromatic carbocycles. The van der Waals surface area contributed by atoms with Gasteiger partial charge in [-0.25, -0.2) is 4.79 Å². The van der Waals surface area contributed by atoms with Crippen LogP contribution in [-0.4, -0.2) is 53.4 Å². The predicted molar refractivity (Wildman–Crippen MR) is 127 cm³/mol. The minimum Gasteiger partial charge on any atom is -0.454 e. The molecule has 0 unspecified atom stereocenters. The molecule has 2 N–H and O–H groups in total. The van der Waals surface area contributed by atoms with Gasteiger partial charge in [0, 0.05) is 18.2 Å². The van der Waals surface area contributed by atoms with Crippen LogP contribution in [0.15, 0.2) is 18.2 Å². The van der Waals surface area contributed by atoms with Gasteiger partial charge in [-0.15, -0.1) is 0 Å². The van der Waals surface area contributed by atoms with Gasteiger partial charge in [-0.1, -0.05) is 38.3 Å². The fourth-order valence-electron chi connectivity index (χ4n) is 3.79. The second kappa shape index (κ2) is 12.8. The van der Waals surface area contributed by atoms with Crippen molar-refractivity contribution in [2.75, 3.05) is 18.6 Å². The van der Waals surface area contributed by atoms with E-state index in [2.05, 4.69) is 24.5 Å². The molecule has 1 aliphatic rings. The van der Waals surface area contributed by atoms with E-state index in [0.29, 0.717) is 17.6 Å². The van der Waals surface area contributed by atoms with Crippen molar-refractivity contribution in [1.29, 1.82) is 0 Å². The molecule has 1 aromatic rings. The van der Waals surface area contributed by atoms with Gasteiger partial charge < -0.3 is 15.4 Å². The summed E-state index contributed by atoms with van der Waals surface area (Å²) in [6.45, 7) is 3.84. The molecule has 1 saturated carbocycles. The van der Waals surface area contributed by atoms with E-state index in [0.717, 1.165) is 31.4 Å². The maximum absolute atomic E-state index is 12.6. The fraction of sp³-hybridized carbons (Fsp3) is 0.591. The van der Waals surface area contributed by atoms with Gasteiger partial charge in [0.1, 0.15) is 6.04 Å². The molecule has 0 heterocycles. The monoisotopic (exact) mass is 499 g/mol. The van der Waals surface area contributed by atoms with Gasteiger partial charge in [0.15, 0.2) is 6.61 Å². The minimum absolute atomic E-state index is 0.00219. The molecule has 0 radical (unpaired) electrons.